The summed E-state index contributed by atoms with van der Waals surface area (Å²) in [7, 11) is -1.73. The van der Waals surface area contributed by atoms with E-state index in [1.165, 1.54) is 25.7 Å². The molecule has 6 heteroatoms. The van der Waals surface area contributed by atoms with Gasteiger partial charge >= 0.3 is 0 Å². The SMILES string of the molecule is CCCCN(CCCC)CCCOc1ccc(S(=O)(=O)c2c(C(C)C)n(C)c3cc(C)ccc23)cc1. The molecule has 1 aromatic heterocycles. The number of aryl methyl sites for hydroxylation is 2. The molecule has 0 aliphatic carbocycles. The maximum absolute atomic E-state index is 13.8. The zero-order valence-corrected chi connectivity index (χ0v) is 23.8. The number of unbranched alkanes of at least 4 members (excludes halogenated alkanes) is 2. The Kier molecular flexibility index (Phi) is 10.0. The maximum atomic E-state index is 13.8. The van der Waals surface area contributed by atoms with E-state index in [1.54, 1.807) is 24.3 Å². The van der Waals surface area contributed by atoms with Gasteiger partial charge in [0, 0.05) is 30.2 Å². The largest absolute Gasteiger partial charge is 0.494 e. The Morgan fingerprint density at radius 2 is 1.53 bits per heavy atom. The van der Waals surface area contributed by atoms with E-state index in [1.807, 2.05) is 44.5 Å². The monoisotopic (exact) mass is 512 g/mol. The van der Waals surface area contributed by atoms with Crippen LogP contribution in [0.25, 0.3) is 10.9 Å². The van der Waals surface area contributed by atoms with Crippen LogP contribution in [0.15, 0.2) is 52.3 Å². The van der Waals surface area contributed by atoms with Gasteiger partial charge in [0.1, 0.15) is 10.6 Å². The molecular weight excluding hydrogens is 468 g/mol. The Morgan fingerprint density at radius 3 is 2.11 bits per heavy atom. The van der Waals surface area contributed by atoms with Crippen LogP contribution in [0, 0.1) is 6.92 Å². The first-order valence-corrected chi connectivity index (χ1v) is 15.0. The summed E-state index contributed by atoms with van der Waals surface area (Å²) in [5.41, 5.74) is 2.90. The van der Waals surface area contributed by atoms with Crippen molar-refractivity contribution in [2.75, 3.05) is 26.2 Å². The van der Waals surface area contributed by atoms with Crippen molar-refractivity contribution < 1.29 is 13.2 Å². The standard InChI is InChI=1S/C30H44N2O3S/c1-7-9-18-32(19-10-8-2)20-11-21-35-25-13-15-26(16-14-25)36(33,34)30-27-17-12-24(5)22-28(27)31(6)29(30)23(3)4/h12-17,22-23H,7-11,18-21H2,1-6H3. The molecule has 3 aromatic rings. The van der Waals surface area contributed by atoms with Gasteiger partial charge < -0.3 is 14.2 Å². The second kappa shape index (κ2) is 12.8. The number of ether oxygens (including phenoxy) is 1. The van der Waals surface area contributed by atoms with Crippen molar-refractivity contribution in [3.63, 3.8) is 0 Å². The summed E-state index contributed by atoms with van der Waals surface area (Å²) >= 11 is 0. The van der Waals surface area contributed by atoms with Gasteiger partial charge in [-0.05, 0) is 81.1 Å². The highest BCUT2D eigenvalue weighted by Gasteiger charge is 2.29. The highest BCUT2D eigenvalue weighted by Crippen LogP contribution is 2.37. The molecule has 2 aromatic carbocycles. The number of hydrogen-bond donors (Lipinski definition) is 0. The third-order valence-electron chi connectivity index (χ3n) is 6.85. The van der Waals surface area contributed by atoms with Crippen molar-refractivity contribution in [2.45, 2.75) is 82.4 Å². The van der Waals surface area contributed by atoms with Crippen LogP contribution in [-0.4, -0.2) is 44.1 Å². The Morgan fingerprint density at radius 1 is 0.917 bits per heavy atom. The summed E-state index contributed by atoms with van der Waals surface area (Å²) in [5.74, 6) is 0.782. The average molecular weight is 513 g/mol. The van der Waals surface area contributed by atoms with Crippen molar-refractivity contribution in [3.8, 4) is 5.75 Å². The van der Waals surface area contributed by atoms with Crippen LogP contribution in [0.4, 0.5) is 0 Å². The molecule has 0 aliphatic rings. The van der Waals surface area contributed by atoms with Gasteiger partial charge in [-0.2, -0.15) is 0 Å². The van der Waals surface area contributed by atoms with Gasteiger partial charge in [0.15, 0.2) is 0 Å². The Balaban J connectivity index is 1.73. The zero-order chi connectivity index (χ0) is 26.3. The van der Waals surface area contributed by atoms with E-state index < -0.39 is 9.84 Å². The Labute approximate surface area is 218 Å². The summed E-state index contributed by atoms with van der Waals surface area (Å²) < 4.78 is 35.7. The van der Waals surface area contributed by atoms with E-state index in [0.717, 1.165) is 48.2 Å². The van der Waals surface area contributed by atoms with Gasteiger partial charge in [-0.3, -0.25) is 0 Å². The molecule has 36 heavy (non-hydrogen) atoms. The molecule has 0 saturated heterocycles. The molecule has 0 fully saturated rings. The first-order chi connectivity index (χ1) is 17.2. The molecule has 0 bridgehead atoms. The molecular formula is C30H44N2O3S. The molecule has 0 radical (unpaired) electrons. The summed E-state index contributed by atoms with van der Waals surface area (Å²) in [4.78, 5) is 3.25. The number of rotatable bonds is 14. The predicted octanol–water partition coefficient (Wildman–Crippen LogP) is 7.11. The van der Waals surface area contributed by atoms with Gasteiger partial charge in [0.25, 0.3) is 0 Å². The number of benzene rings is 2. The van der Waals surface area contributed by atoms with Crippen molar-refractivity contribution in [2.24, 2.45) is 7.05 Å². The Bertz CT molecular complexity index is 1220. The first kappa shape index (κ1) is 28.3. The lowest BCUT2D eigenvalue weighted by molar-refractivity contribution is 0.229. The average Bonchev–Trinajstić information content (AvgIpc) is 3.15. The molecule has 0 unspecified atom stereocenters. The molecule has 0 aliphatic heterocycles. The van der Waals surface area contributed by atoms with Crippen LogP contribution >= 0.6 is 0 Å². The number of aromatic nitrogens is 1. The van der Waals surface area contributed by atoms with Gasteiger partial charge in [0.2, 0.25) is 9.84 Å². The van der Waals surface area contributed by atoms with Crippen molar-refractivity contribution in [1.82, 2.24) is 9.47 Å². The summed E-state index contributed by atoms with van der Waals surface area (Å²) in [6, 6.07) is 12.9. The van der Waals surface area contributed by atoms with Crippen molar-refractivity contribution >= 4 is 20.7 Å². The van der Waals surface area contributed by atoms with Gasteiger partial charge in [-0.25, -0.2) is 8.42 Å². The second-order valence-electron chi connectivity index (χ2n) is 10.2. The van der Waals surface area contributed by atoms with Crippen molar-refractivity contribution in [1.29, 1.82) is 0 Å². The summed E-state index contributed by atoms with van der Waals surface area (Å²) in [6.45, 7) is 14.5. The lowest BCUT2D eigenvalue weighted by Crippen LogP contribution is -2.28. The molecule has 1 heterocycles. The first-order valence-electron chi connectivity index (χ1n) is 13.5. The molecule has 0 atom stereocenters. The van der Waals surface area contributed by atoms with Crippen LogP contribution in [0.2, 0.25) is 0 Å². The van der Waals surface area contributed by atoms with Gasteiger partial charge in [0.05, 0.1) is 11.5 Å². The van der Waals surface area contributed by atoms with Crippen LogP contribution in [0.1, 0.15) is 77.0 Å². The van der Waals surface area contributed by atoms with E-state index in [0.29, 0.717) is 22.1 Å². The fourth-order valence-corrected chi connectivity index (χ4v) is 6.71. The molecule has 198 valence electrons. The smallest absolute Gasteiger partial charge is 0.209 e. The highest BCUT2D eigenvalue weighted by atomic mass is 32.2. The third kappa shape index (κ3) is 6.51. The fraction of sp³-hybridized carbons (Fsp3) is 0.533. The highest BCUT2D eigenvalue weighted by molar-refractivity contribution is 7.91. The van der Waals surface area contributed by atoms with Gasteiger partial charge in [-0.1, -0.05) is 52.7 Å². The lowest BCUT2D eigenvalue weighted by atomic mass is 10.1. The molecule has 3 rings (SSSR count). The normalized spacial score (nSPS) is 12.2. The minimum absolute atomic E-state index is 0.0734. The second-order valence-corrected chi connectivity index (χ2v) is 12.1. The van der Waals surface area contributed by atoms with Crippen LogP contribution < -0.4 is 4.74 Å². The van der Waals surface area contributed by atoms with E-state index >= 15 is 0 Å². The molecule has 0 amide bonds. The van der Waals surface area contributed by atoms with E-state index in [-0.39, 0.29) is 5.92 Å². The van der Waals surface area contributed by atoms with Crippen LogP contribution in [0.3, 0.4) is 0 Å². The molecule has 0 spiro atoms. The Hall–Kier alpha value is -2.31. The predicted molar refractivity (Wildman–Crippen MR) is 150 cm³/mol. The number of fused-ring (bicyclic) bond motifs is 1. The topological polar surface area (TPSA) is 51.5 Å². The van der Waals surface area contributed by atoms with E-state index in [2.05, 4.69) is 24.8 Å². The molecule has 0 saturated carbocycles. The summed E-state index contributed by atoms with van der Waals surface area (Å²) in [5, 5.41) is 0.780. The van der Waals surface area contributed by atoms with E-state index in [4.69, 9.17) is 4.74 Å². The third-order valence-corrected chi connectivity index (χ3v) is 8.71. The minimum atomic E-state index is -3.69. The number of hydrogen-bond acceptors (Lipinski definition) is 4. The van der Waals surface area contributed by atoms with Crippen molar-refractivity contribution in [3.05, 3.63) is 53.7 Å². The maximum Gasteiger partial charge on any atom is 0.209 e. The number of nitrogens with zero attached hydrogens (tertiary/aromatic N) is 2. The minimum Gasteiger partial charge on any atom is -0.494 e. The molecule has 0 N–H and O–H groups in total. The van der Waals surface area contributed by atoms with Crippen LogP contribution in [-0.2, 0) is 16.9 Å². The van der Waals surface area contributed by atoms with Crippen LogP contribution in [0.5, 0.6) is 5.75 Å². The molecule has 5 nitrogen and oxygen atoms in total. The summed E-state index contributed by atoms with van der Waals surface area (Å²) in [6.07, 6.45) is 5.85. The number of sulfone groups is 1. The quantitative estimate of drug-likeness (QED) is 0.216. The van der Waals surface area contributed by atoms with E-state index in [9.17, 15) is 8.42 Å². The lowest BCUT2D eigenvalue weighted by Gasteiger charge is -2.21. The van der Waals surface area contributed by atoms with Gasteiger partial charge in [-0.15, -0.1) is 0 Å². The zero-order valence-electron chi connectivity index (χ0n) is 23.0. The fourth-order valence-electron chi connectivity index (χ4n) is 4.87.